The van der Waals surface area contributed by atoms with Crippen LogP contribution in [0.3, 0.4) is 0 Å². The van der Waals surface area contributed by atoms with Gasteiger partial charge in [-0.25, -0.2) is 0 Å². The van der Waals surface area contributed by atoms with Gasteiger partial charge in [0.25, 0.3) is 0 Å². The molecule has 0 radical (unpaired) electrons. The number of thiophene rings is 1. The van der Waals surface area contributed by atoms with Gasteiger partial charge in [0, 0.05) is 18.0 Å². The van der Waals surface area contributed by atoms with Gasteiger partial charge in [-0.1, -0.05) is 23.7 Å². The van der Waals surface area contributed by atoms with Crippen molar-refractivity contribution in [3.8, 4) is 5.75 Å². The van der Waals surface area contributed by atoms with Crippen molar-refractivity contribution in [2.24, 2.45) is 0 Å². The molecule has 0 aliphatic rings. The maximum atomic E-state index is 5.86. The normalized spacial score (nSPS) is 10.6. The fourth-order valence-corrected chi connectivity index (χ4v) is 2.91. The highest BCUT2D eigenvalue weighted by Gasteiger charge is 1.99. The highest BCUT2D eigenvalue weighted by atomic mass is 79.9. The van der Waals surface area contributed by atoms with E-state index in [2.05, 4.69) is 21.2 Å². The minimum Gasteiger partial charge on any atom is -0.491 e. The molecule has 0 bridgehead atoms. The highest BCUT2D eigenvalue weighted by molar-refractivity contribution is 9.10. The first-order valence-electron chi connectivity index (χ1n) is 5.58. The molecule has 0 aliphatic heterocycles. The molecule has 2 aromatic rings. The third-order valence-electron chi connectivity index (χ3n) is 2.30. The van der Waals surface area contributed by atoms with Crippen LogP contribution in [0.4, 0.5) is 0 Å². The van der Waals surface area contributed by atoms with Gasteiger partial charge in [0.1, 0.15) is 12.4 Å². The summed E-state index contributed by atoms with van der Waals surface area (Å²) in [4.78, 5) is 1.24. The summed E-state index contributed by atoms with van der Waals surface area (Å²) in [6.45, 7) is 2.27. The monoisotopic (exact) mass is 345 g/mol. The number of hydrogen-bond acceptors (Lipinski definition) is 3. The Morgan fingerprint density at radius 2 is 2.06 bits per heavy atom. The molecule has 2 nitrogen and oxygen atoms in total. The van der Waals surface area contributed by atoms with E-state index in [4.69, 9.17) is 16.3 Å². The lowest BCUT2D eigenvalue weighted by Gasteiger charge is -2.08. The molecule has 96 valence electrons. The standard InChI is InChI=1S/C13H13BrClNOS/c14-11-3-1-2-4-12(11)17-8-7-16-9-10-5-6-13(15)18-10/h1-6,16H,7-9H2. The Kier molecular flexibility index (Phi) is 5.50. The van der Waals surface area contributed by atoms with E-state index in [1.165, 1.54) is 4.88 Å². The summed E-state index contributed by atoms with van der Waals surface area (Å²) in [7, 11) is 0. The lowest BCUT2D eigenvalue weighted by molar-refractivity contribution is 0.312. The van der Waals surface area contributed by atoms with Gasteiger partial charge in [-0.05, 0) is 40.2 Å². The van der Waals surface area contributed by atoms with Crippen LogP contribution in [0.1, 0.15) is 4.88 Å². The number of rotatable bonds is 6. The molecule has 2 rings (SSSR count). The number of para-hydroxylation sites is 1. The Hall–Kier alpha value is -0.550. The number of benzene rings is 1. The number of ether oxygens (including phenoxy) is 1. The zero-order chi connectivity index (χ0) is 12.8. The smallest absolute Gasteiger partial charge is 0.133 e. The summed E-state index contributed by atoms with van der Waals surface area (Å²) >= 11 is 10.9. The molecular weight excluding hydrogens is 334 g/mol. The maximum absolute atomic E-state index is 5.86. The molecule has 0 saturated carbocycles. The fourth-order valence-electron chi connectivity index (χ4n) is 1.45. The van der Waals surface area contributed by atoms with E-state index in [1.54, 1.807) is 11.3 Å². The molecule has 0 spiro atoms. The summed E-state index contributed by atoms with van der Waals surface area (Å²) in [5.41, 5.74) is 0. The predicted molar refractivity (Wildman–Crippen MR) is 80.7 cm³/mol. The first kappa shape index (κ1) is 13.9. The van der Waals surface area contributed by atoms with E-state index in [0.717, 1.165) is 27.6 Å². The first-order chi connectivity index (χ1) is 8.75. The molecule has 0 saturated heterocycles. The molecule has 0 unspecified atom stereocenters. The third kappa shape index (κ3) is 4.28. The van der Waals surface area contributed by atoms with Crippen molar-refractivity contribution in [3.63, 3.8) is 0 Å². The predicted octanol–water partition coefficient (Wildman–Crippen LogP) is 4.33. The van der Waals surface area contributed by atoms with Crippen molar-refractivity contribution in [1.82, 2.24) is 5.32 Å². The third-order valence-corrected chi connectivity index (χ3v) is 4.19. The molecule has 1 heterocycles. The Morgan fingerprint density at radius 3 is 2.78 bits per heavy atom. The molecule has 0 amide bonds. The van der Waals surface area contributed by atoms with Crippen molar-refractivity contribution in [1.29, 1.82) is 0 Å². The minimum absolute atomic E-state index is 0.641. The summed E-state index contributed by atoms with van der Waals surface area (Å²) in [6, 6.07) is 11.8. The number of halogens is 2. The Morgan fingerprint density at radius 1 is 1.22 bits per heavy atom. The molecular formula is C13H13BrClNOS. The average Bonchev–Trinajstić information content (AvgIpc) is 2.77. The lowest BCUT2D eigenvalue weighted by atomic mass is 10.3. The Balaban J connectivity index is 1.66. The average molecular weight is 347 g/mol. The second-order valence-corrected chi connectivity index (χ2v) is 6.32. The molecule has 0 aliphatic carbocycles. The van der Waals surface area contributed by atoms with Gasteiger partial charge in [0.2, 0.25) is 0 Å². The summed E-state index contributed by atoms with van der Waals surface area (Å²) in [5, 5.41) is 3.32. The maximum Gasteiger partial charge on any atom is 0.133 e. The van der Waals surface area contributed by atoms with E-state index in [0.29, 0.717) is 6.61 Å². The molecule has 18 heavy (non-hydrogen) atoms. The van der Waals surface area contributed by atoms with E-state index in [9.17, 15) is 0 Å². The van der Waals surface area contributed by atoms with Crippen molar-refractivity contribution in [2.75, 3.05) is 13.2 Å². The molecule has 1 aromatic carbocycles. The van der Waals surface area contributed by atoms with Gasteiger partial charge in [-0.2, -0.15) is 0 Å². The second-order valence-electron chi connectivity index (χ2n) is 3.66. The van der Waals surface area contributed by atoms with Crippen LogP contribution in [0.25, 0.3) is 0 Å². The van der Waals surface area contributed by atoms with Crippen LogP contribution in [0, 0.1) is 0 Å². The van der Waals surface area contributed by atoms with Crippen LogP contribution in [-0.4, -0.2) is 13.2 Å². The van der Waals surface area contributed by atoms with Crippen molar-refractivity contribution in [2.45, 2.75) is 6.54 Å². The fraction of sp³-hybridized carbons (Fsp3) is 0.231. The summed E-state index contributed by atoms with van der Waals surface area (Å²) in [5.74, 6) is 0.874. The van der Waals surface area contributed by atoms with Crippen molar-refractivity contribution < 1.29 is 4.74 Å². The van der Waals surface area contributed by atoms with Gasteiger partial charge in [-0.3, -0.25) is 0 Å². The van der Waals surface area contributed by atoms with E-state index >= 15 is 0 Å². The molecule has 0 fully saturated rings. The van der Waals surface area contributed by atoms with Crippen LogP contribution in [-0.2, 0) is 6.54 Å². The van der Waals surface area contributed by atoms with Crippen LogP contribution in [0.5, 0.6) is 5.75 Å². The summed E-state index contributed by atoms with van der Waals surface area (Å²) < 4.78 is 7.46. The topological polar surface area (TPSA) is 21.3 Å². The minimum atomic E-state index is 0.641. The molecule has 0 atom stereocenters. The SMILES string of the molecule is Clc1ccc(CNCCOc2ccccc2Br)s1. The number of nitrogens with one attached hydrogen (secondary N) is 1. The van der Waals surface area contributed by atoms with Gasteiger partial charge < -0.3 is 10.1 Å². The van der Waals surface area contributed by atoms with Crippen LogP contribution in [0.2, 0.25) is 4.34 Å². The molecule has 5 heteroatoms. The van der Waals surface area contributed by atoms with Crippen LogP contribution in [0.15, 0.2) is 40.9 Å². The Labute approximate surface area is 124 Å². The van der Waals surface area contributed by atoms with Crippen molar-refractivity contribution in [3.05, 3.63) is 50.1 Å². The van der Waals surface area contributed by atoms with Gasteiger partial charge >= 0.3 is 0 Å². The van der Waals surface area contributed by atoms with E-state index in [-0.39, 0.29) is 0 Å². The van der Waals surface area contributed by atoms with E-state index < -0.39 is 0 Å². The lowest BCUT2D eigenvalue weighted by Crippen LogP contribution is -2.20. The highest BCUT2D eigenvalue weighted by Crippen LogP contribution is 2.23. The summed E-state index contributed by atoms with van der Waals surface area (Å²) in [6.07, 6.45) is 0. The van der Waals surface area contributed by atoms with Gasteiger partial charge in [-0.15, -0.1) is 11.3 Å². The Bertz CT molecular complexity index is 503. The largest absolute Gasteiger partial charge is 0.491 e. The van der Waals surface area contributed by atoms with Crippen LogP contribution < -0.4 is 10.1 Å². The number of hydrogen-bond donors (Lipinski definition) is 1. The van der Waals surface area contributed by atoms with Crippen molar-refractivity contribution >= 4 is 38.9 Å². The quantitative estimate of drug-likeness (QED) is 0.786. The molecule has 1 N–H and O–H groups in total. The van der Waals surface area contributed by atoms with Gasteiger partial charge in [0.15, 0.2) is 0 Å². The second kappa shape index (κ2) is 7.14. The zero-order valence-corrected chi connectivity index (χ0v) is 12.8. The van der Waals surface area contributed by atoms with Gasteiger partial charge in [0.05, 0.1) is 8.81 Å². The molecule has 1 aromatic heterocycles. The van der Waals surface area contributed by atoms with E-state index in [1.807, 2.05) is 36.4 Å². The first-order valence-corrected chi connectivity index (χ1v) is 7.57. The van der Waals surface area contributed by atoms with Crippen LogP contribution >= 0.6 is 38.9 Å². The zero-order valence-electron chi connectivity index (χ0n) is 9.66.